The molecule has 0 heterocycles. The zero-order valence-electron chi connectivity index (χ0n) is 11.8. The Hall–Kier alpha value is -1.93. The predicted octanol–water partition coefficient (Wildman–Crippen LogP) is 3.77. The first-order valence-electron chi connectivity index (χ1n) is 6.25. The molecule has 2 aromatic carbocycles. The van der Waals surface area contributed by atoms with Crippen molar-refractivity contribution in [3.63, 3.8) is 0 Å². The third-order valence-corrected chi connectivity index (χ3v) is 5.44. The number of nitro groups is 1. The standard InChI is InChI=1S/C14H13BrN2O4S/c1-9-8-11(6-7-12(9)15)22(20,21)16-13-4-3-5-14(10(13)2)17(18)19/h3-8,16H,1-2H3. The molecule has 116 valence electrons. The lowest BCUT2D eigenvalue weighted by atomic mass is 10.2. The van der Waals surface area contributed by atoms with Crippen LogP contribution in [0.15, 0.2) is 45.8 Å². The van der Waals surface area contributed by atoms with Crippen LogP contribution in [-0.4, -0.2) is 13.3 Å². The van der Waals surface area contributed by atoms with Gasteiger partial charge in [0.15, 0.2) is 0 Å². The van der Waals surface area contributed by atoms with Crippen molar-refractivity contribution in [2.45, 2.75) is 18.7 Å². The molecule has 2 rings (SSSR count). The zero-order valence-corrected chi connectivity index (χ0v) is 14.2. The summed E-state index contributed by atoms with van der Waals surface area (Å²) in [6.45, 7) is 3.28. The number of sulfonamides is 1. The van der Waals surface area contributed by atoms with E-state index in [2.05, 4.69) is 20.7 Å². The number of hydrogen-bond donors (Lipinski definition) is 1. The van der Waals surface area contributed by atoms with Crippen LogP contribution in [0.4, 0.5) is 11.4 Å². The zero-order chi connectivity index (χ0) is 16.5. The second-order valence-electron chi connectivity index (χ2n) is 4.72. The van der Waals surface area contributed by atoms with E-state index in [0.717, 1.165) is 10.0 Å². The largest absolute Gasteiger partial charge is 0.279 e. The van der Waals surface area contributed by atoms with Crippen LogP contribution in [0.1, 0.15) is 11.1 Å². The minimum absolute atomic E-state index is 0.0964. The molecule has 6 nitrogen and oxygen atoms in total. The first kappa shape index (κ1) is 16.4. The lowest BCUT2D eigenvalue weighted by Crippen LogP contribution is -2.14. The average Bonchev–Trinajstić information content (AvgIpc) is 2.43. The van der Waals surface area contributed by atoms with Crippen molar-refractivity contribution in [2.75, 3.05) is 4.72 Å². The van der Waals surface area contributed by atoms with Gasteiger partial charge in [-0.1, -0.05) is 22.0 Å². The van der Waals surface area contributed by atoms with Gasteiger partial charge in [0.2, 0.25) is 0 Å². The minimum Gasteiger partial charge on any atom is -0.279 e. The SMILES string of the molecule is Cc1cc(S(=O)(=O)Nc2cccc([N+](=O)[O-])c2C)ccc1Br. The molecule has 0 aliphatic carbocycles. The van der Waals surface area contributed by atoms with E-state index in [1.807, 2.05) is 0 Å². The number of rotatable bonds is 4. The summed E-state index contributed by atoms with van der Waals surface area (Å²) < 4.78 is 28.0. The first-order valence-corrected chi connectivity index (χ1v) is 8.53. The maximum atomic E-state index is 12.4. The lowest BCUT2D eigenvalue weighted by molar-refractivity contribution is -0.385. The molecule has 2 aromatic rings. The fourth-order valence-electron chi connectivity index (χ4n) is 1.92. The molecule has 0 unspecified atom stereocenters. The summed E-state index contributed by atoms with van der Waals surface area (Å²) in [7, 11) is -3.81. The van der Waals surface area contributed by atoms with Crippen molar-refractivity contribution in [1.82, 2.24) is 0 Å². The van der Waals surface area contributed by atoms with Crippen LogP contribution in [0.2, 0.25) is 0 Å². The van der Waals surface area contributed by atoms with Crippen molar-refractivity contribution < 1.29 is 13.3 Å². The number of halogens is 1. The summed E-state index contributed by atoms with van der Waals surface area (Å²) in [5, 5.41) is 10.9. The van der Waals surface area contributed by atoms with Gasteiger partial charge in [-0.15, -0.1) is 0 Å². The van der Waals surface area contributed by atoms with E-state index in [0.29, 0.717) is 0 Å². The predicted molar refractivity (Wildman–Crippen MR) is 87.5 cm³/mol. The van der Waals surface area contributed by atoms with E-state index in [1.54, 1.807) is 13.0 Å². The second kappa shape index (κ2) is 6.05. The second-order valence-corrected chi connectivity index (χ2v) is 7.26. The molecular weight excluding hydrogens is 372 g/mol. The number of aryl methyl sites for hydroxylation is 1. The van der Waals surface area contributed by atoms with E-state index >= 15 is 0 Å². The Morgan fingerprint density at radius 3 is 2.45 bits per heavy atom. The van der Waals surface area contributed by atoms with Crippen LogP contribution >= 0.6 is 15.9 Å². The molecule has 0 bridgehead atoms. The highest BCUT2D eigenvalue weighted by Crippen LogP contribution is 2.28. The van der Waals surface area contributed by atoms with Crippen molar-refractivity contribution in [1.29, 1.82) is 0 Å². The maximum Gasteiger partial charge on any atom is 0.274 e. The van der Waals surface area contributed by atoms with Gasteiger partial charge in [0.1, 0.15) is 0 Å². The van der Waals surface area contributed by atoms with Gasteiger partial charge < -0.3 is 0 Å². The highest BCUT2D eigenvalue weighted by atomic mass is 79.9. The molecule has 8 heteroatoms. The van der Waals surface area contributed by atoms with Gasteiger partial charge >= 0.3 is 0 Å². The van der Waals surface area contributed by atoms with Crippen molar-refractivity contribution in [3.05, 3.63) is 62.1 Å². The minimum atomic E-state index is -3.81. The summed E-state index contributed by atoms with van der Waals surface area (Å²) in [5.41, 5.74) is 1.10. The van der Waals surface area contributed by atoms with E-state index in [4.69, 9.17) is 0 Å². The van der Waals surface area contributed by atoms with Crippen LogP contribution < -0.4 is 4.72 Å². The summed E-state index contributed by atoms with van der Waals surface area (Å²) in [6, 6.07) is 8.90. The van der Waals surface area contributed by atoms with Crippen LogP contribution in [-0.2, 0) is 10.0 Å². The highest BCUT2D eigenvalue weighted by molar-refractivity contribution is 9.10. The van der Waals surface area contributed by atoms with Gasteiger partial charge in [0, 0.05) is 10.5 Å². The summed E-state index contributed by atoms with van der Waals surface area (Å²) in [6.07, 6.45) is 0. The number of nitrogens with zero attached hydrogens (tertiary/aromatic N) is 1. The number of hydrogen-bond acceptors (Lipinski definition) is 4. The number of benzene rings is 2. The fraction of sp³-hybridized carbons (Fsp3) is 0.143. The van der Waals surface area contributed by atoms with E-state index in [9.17, 15) is 18.5 Å². The molecule has 0 radical (unpaired) electrons. The van der Waals surface area contributed by atoms with Crippen LogP contribution in [0.5, 0.6) is 0 Å². The van der Waals surface area contributed by atoms with Crippen molar-refractivity contribution in [2.24, 2.45) is 0 Å². The molecule has 0 aliphatic heterocycles. The van der Waals surface area contributed by atoms with Gasteiger partial charge in [-0.3, -0.25) is 14.8 Å². The molecule has 0 fully saturated rings. The third kappa shape index (κ3) is 3.28. The monoisotopic (exact) mass is 384 g/mol. The Morgan fingerprint density at radius 1 is 1.18 bits per heavy atom. The molecule has 0 aliphatic rings. The summed E-state index contributed by atoms with van der Waals surface area (Å²) in [5.74, 6) is 0. The average molecular weight is 385 g/mol. The Bertz CT molecular complexity index is 850. The molecule has 0 atom stereocenters. The highest BCUT2D eigenvalue weighted by Gasteiger charge is 2.19. The summed E-state index contributed by atoms with van der Waals surface area (Å²) in [4.78, 5) is 10.5. The molecular formula is C14H13BrN2O4S. The summed E-state index contributed by atoms with van der Waals surface area (Å²) >= 11 is 3.31. The van der Waals surface area contributed by atoms with Gasteiger partial charge in [0.05, 0.1) is 21.1 Å². The topological polar surface area (TPSA) is 89.3 Å². The Kier molecular flexibility index (Phi) is 4.52. The molecule has 0 amide bonds. The smallest absolute Gasteiger partial charge is 0.274 e. The van der Waals surface area contributed by atoms with E-state index in [1.165, 1.54) is 37.3 Å². The van der Waals surface area contributed by atoms with Crippen LogP contribution in [0, 0.1) is 24.0 Å². The quantitative estimate of drug-likeness (QED) is 0.641. The molecule has 22 heavy (non-hydrogen) atoms. The van der Waals surface area contributed by atoms with Crippen molar-refractivity contribution in [3.8, 4) is 0 Å². The molecule has 0 aromatic heterocycles. The van der Waals surface area contributed by atoms with Gasteiger partial charge in [-0.2, -0.15) is 0 Å². The Balaban J connectivity index is 2.43. The molecule has 1 N–H and O–H groups in total. The fourth-order valence-corrected chi connectivity index (χ4v) is 3.37. The number of anilines is 1. The normalized spacial score (nSPS) is 11.2. The lowest BCUT2D eigenvalue weighted by Gasteiger charge is -2.11. The van der Waals surface area contributed by atoms with Gasteiger partial charge in [-0.25, -0.2) is 8.42 Å². The van der Waals surface area contributed by atoms with Crippen LogP contribution in [0.25, 0.3) is 0 Å². The van der Waals surface area contributed by atoms with Gasteiger partial charge in [-0.05, 0) is 43.7 Å². The van der Waals surface area contributed by atoms with E-state index in [-0.39, 0.29) is 21.8 Å². The first-order chi connectivity index (χ1) is 10.2. The third-order valence-electron chi connectivity index (χ3n) is 3.19. The van der Waals surface area contributed by atoms with Gasteiger partial charge in [0.25, 0.3) is 15.7 Å². The number of nitro benzene ring substituents is 1. The Labute approximate surface area is 136 Å². The maximum absolute atomic E-state index is 12.4. The van der Waals surface area contributed by atoms with Crippen LogP contribution in [0.3, 0.4) is 0 Å². The van der Waals surface area contributed by atoms with Crippen molar-refractivity contribution >= 4 is 37.3 Å². The molecule has 0 spiro atoms. The molecule has 0 saturated heterocycles. The number of nitrogens with one attached hydrogen (secondary N) is 1. The Morgan fingerprint density at radius 2 is 1.86 bits per heavy atom. The molecule has 0 saturated carbocycles. The van der Waals surface area contributed by atoms with E-state index < -0.39 is 14.9 Å².